The molecule has 0 aliphatic heterocycles. The van der Waals surface area contributed by atoms with Gasteiger partial charge in [-0.05, 0) is 18.6 Å². The first-order valence-corrected chi connectivity index (χ1v) is 7.04. The average molecular weight is 263 g/mol. The molecule has 1 aromatic rings. The summed E-state index contributed by atoms with van der Waals surface area (Å²) in [5.41, 5.74) is 6.75. The average Bonchev–Trinajstić information content (AvgIpc) is 2.47. The lowest BCUT2D eigenvalue weighted by Crippen LogP contribution is -2.29. The van der Waals surface area contributed by atoms with Crippen LogP contribution in [-0.4, -0.2) is 24.1 Å². The van der Waals surface area contributed by atoms with Crippen molar-refractivity contribution in [2.24, 2.45) is 10.9 Å². The minimum atomic E-state index is 0.287. The van der Waals surface area contributed by atoms with E-state index in [1.807, 2.05) is 18.2 Å². The number of nitrogens with zero attached hydrogens (tertiary/aromatic N) is 2. The predicted molar refractivity (Wildman–Crippen MR) is 80.8 cm³/mol. The summed E-state index contributed by atoms with van der Waals surface area (Å²) < 4.78 is 0. The van der Waals surface area contributed by atoms with E-state index in [2.05, 4.69) is 29.1 Å². The fraction of sp³-hybridized carbons (Fsp3) is 0.533. The van der Waals surface area contributed by atoms with E-state index in [1.54, 1.807) is 0 Å². The minimum Gasteiger partial charge on any atom is -0.409 e. The van der Waals surface area contributed by atoms with Crippen molar-refractivity contribution in [1.82, 2.24) is 0 Å². The summed E-state index contributed by atoms with van der Waals surface area (Å²) in [6.45, 7) is 4.02. The van der Waals surface area contributed by atoms with Gasteiger partial charge in [-0.1, -0.05) is 49.5 Å². The molecule has 4 nitrogen and oxygen atoms in total. The highest BCUT2D eigenvalue weighted by Crippen LogP contribution is 2.15. The minimum absolute atomic E-state index is 0.287. The highest BCUT2D eigenvalue weighted by molar-refractivity contribution is 5.80. The van der Waals surface area contributed by atoms with Gasteiger partial charge in [-0.25, -0.2) is 0 Å². The molecule has 0 saturated carbocycles. The molecule has 19 heavy (non-hydrogen) atoms. The summed E-state index contributed by atoms with van der Waals surface area (Å²) in [6.07, 6.45) is 5.54. The van der Waals surface area contributed by atoms with Gasteiger partial charge in [0.2, 0.25) is 0 Å². The Morgan fingerprint density at radius 1 is 1.16 bits per heavy atom. The lowest BCUT2D eigenvalue weighted by Gasteiger charge is -2.24. The van der Waals surface area contributed by atoms with Crippen LogP contribution in [0.25, 0.3) is 0 Å². The number of hydrogen-bond donors (Lipinski definition) is 2. The highest BCUT2D eigenvalue weighted by Gasteiger charge is 2.06. The van der Waals surface area contributed by atoms with Gasteiger partial charge in [-0.15, -0.1) is 0 Å². The van der Waals surface area contributed by atoms with E-state index in [4.69, 9.17) is 10.9 Å². The van der Waals surface area contributed by atoms with Gasteiger partial charge < -0.3 is 15.8 Å². The highest BCUT2D eigenvalue weighted by atomic mass is 16.4. The number of rotatable bonds is 9. The second-order valence-corrected chi connectivity index (χ2v) is 4.72. The maximum absolute atomic E-state index is 8.61. The maximum Gasteiger partial charge on any atom is 0.140 e. The van der Waals surface area contributed by atoms with Crippen LogP contribution >= 0.6 is 0 Å². The predicted octanol–water partition coefficient (Wildman–Crippen LogP) is 3.21. The Hall–Kier alpha value is -1.71. The molecule has 0 saturated heterocycles. The molecule has 3 N–H and O–H groups in total. The number of oxime groups is 1. The quantitative estimate of drug-likeness (QED) is 0.236. The van der Waals surface area contributed by atoms with Crippen LogP contribution in [0.3, 0.4) is 0 Å². The molecule has 4 heteroatoms. The van der Waals surface area contributed by atoms with Gasteiger partial charge in [0.15, 0.2) is 0 Å². The summed E-state index contributed by atoms with van der Waals surface area (Å²) >= 11 is 0. The van der Waals surface area contributed by atoms with Crippen LogP contribution in [0.1, 0.15) is 39.0 Å². The number of anilines is 1. The Balaban J connectivity index is 2.52. The monoisotopic (exact) mass is 263 g/mol. The smallest absolute Gasteiger partial charge is 0.140 e. The zero-order valence-corrected chi connectivity index (χ0v) is 11.8. The lowest BCUT2D eigenvalue weighted by molar-refractivity contribution is 0.317. The summed E-state index contributed by atoms with van der Waals surface area (Å²) in [4.78, 5) is 2.30. The van der Waals surface area contributed by atoms with E-state index in [0.29, 0.717) is 6.42 Å². The second-order valence-electron chi connectivity index (χ2n) is 4.72. The van der Waals surface area contributed by atoms with Gasteiger partial charge >= 0.3 is 0 Å². The number of benzene rings is 1. The van der Waals surface area contributed by atoms with Crippen molar-refractivity contribution >= 4 is 11.5 Å². The van der Waals surface area contributed by atoms with Crippen molar-refractivity contribution in [2.45, 2.75) is 39.0 Å². The van der Waals surface area contributed by atoms with E-state index in [1.165, 1.54) is 31.4 Å². The van der Waals surface area contributed by atoms with Crippen LogP contribution in [0.5, 0.6) is 0 Å². The van der Waals surface area contributed by atoms with Gasteiger partial charge in [-0.2, -0.15) is 0 Å². The maximum atomic E-state index is 8.61. The van der Waals surface area contributed by atoms with Crippen molar-refractivity contribution in [3.8, 4) is 0 Å². The molecule has 0 heterocycles. The van der Waals surface area contributed by atoms with E-state index in [-0.39, 0.29) is 5.84 Å². The molecule has 0 bridgehead atoms. The summed E-state index contributed by atoms with van der Waals surface area (Å²) in [5, 5.41) is 11.6. The fourth-order valence-electron chi connectivity index (χ4n) is 2.04. The molecule has 0 atom stereocenters. The van der Waals surface area contributed by atoms with Gasteiger partial charge in [0.05, 0.1) is 0 Å². The molecular weight excluding hydrogens is 238 g/mol. The van der Waals surface area contributed by atoms with Crippen LogP contribution < -0.4 is 10.6 Å². The third kappa shape index (κ3) is 6.13. The first-order chi connectivity index (χ1) is 9.27. The van der Waals surface area contributed by atoms with Crippen molar-refractivity contribution in [1.29, 1.82) is 0 Å². The molecule has 0 spiro atoms. The van der Waals surface area contributed by atoms with Crippen LogP contribution in [0, 0.1) is 0 Å². The molecule has 0 aliphatic rings. The van der Waals surface area contributed by atoms with Crippen LogP contribution in [0.2, 0.25) is 0 Å². The molecule has 0 aromatic heterocycles. The van der Waals surface area contributed by atoms with Gasteiger partial charge in [0.1, 0.15) is 5.84 Å². The normalized spacial score (nSPS) is 11.5. The van der Waals surface area contributed by atoms with Gasteiger partial charge in [-0.3, -0.25) is 0 Å². The summed E-state index contributed by atoms with van der Waals surface area (Å²) in [7, 11) is 0. The Kier molecular flexibility index (Phi) is 7.47. The van der Waals surface area contributed by atoms with Crippen LogP contribution in [-0.2, 0) is 0 Å². The lowest BCUT2D eigenvalue weighted by atomic mass is 10.2. The summed E-state index contributed by atoms with van der Waals surface area (Å²) in [6, 6.07) is 10.3. The van der Waals surface area contributed by atoms with Crippen molar-refractivity contribution < 1.29 is 5.21 Å². The molecule has 0 aliphatic carbocycles. The Labute approximate surface area is 115 Å². The molecule has 0 fully saturated rings. The zero-order chi connectivity index (χ0) is 13.9. The molecular formula is C15H25N3O. The van der Waals surface area contributed by atoms with Crippen molar-refractivity contribution in [2.75, 3.05) is 18.0 Å². The van der Waals surface area contributed by atoms with E-state index >= 15 is 0 Å². The number of hydrogen-bond acceptors (Lipinski definition) is 3. The van der Waals surface area contributed by atoms with E-state index < -0.39 is 0 Å². The van der Waals surface area contributed by atoms with Crippen molar-refractivity contribution in [3.05, 3.63) is 30.3 Å². The van der Waals surface area contributed by atoms with Crippen LogP contribution in [0.15, 0.2) is 35.5 Å². The number of para-hydroxylation sites is 1. The number of amidine groups is 1. The van der Waals surface area contributed by atoms with Crippen molar-refractivity contribution in [3.63, 3.8) is 0 Å². The van der Waals surface area contributed by atoms with E-state index in [9.17, 15) is 0 Å². The summed E-state index contributed by atoms with van der Waals surface area (Å²) in [5.74, 6) is 0.287. The van der Waals surface area contributed by atoms with Gasteiger partial charge in [0.25, 0.3) is 0 Å². The van der Waals surface area contributed by atoms with Crippen LogP contribution in [0.4, 0.5) is 5.69 Å². The number of unbranched alkanes of at least 4 members (excludes halogenated alkanes) is 3. The third-order valence-electron chi connectivity index (χ3n) is 3.17. The first kappa shape index (κ1) is 15.3. The molecule has 106 valence electrons. The molecule has 1 rings (SSSR count). The van der Waals surface area contributed by atoms with E-state index in [0.717, 1.165) is 13.1 Å². The number of nitrogens with two attached hydrogens (primary N) is 1. The second kappa shape index (κ2) is 9.25. The topological polar surface area (TPSA) is 61.8 Å². The Bertz CT molecular complexity index is 365. The molecule has 0 unspecified atom stereocenters. The molecule has 1 aromatic carbocycles. The van der Waals surface area contributed by atoms with Gasteiger partial charge in [0, 0.05) is 25.2 Å². The third-order valence-corrected chi connectivity index (χ3v) is 3.17. The Morgan fingerprint density at radius 2 is 1.89 bits per heavy atom. The molecule has 0 radical (unpaired) electrons. The molecule has 0 amide bonds. The largest absolute Gasteiger partial charge is 0.409 e. The standard InChI is InChI=1S/C15H25N3O/c1-2-3-4-8-12-18(13-11-15(16)17-19)14-9-6-5-7-10-14/h5-7,9-10,19H,2-4,8,11-13H2,1H3,(H2,16,17). The first-order valence-electron chi connectivity index (χ1n) is 7.04. The SMILES string of the molecule is CCCCCCN(CC/C(N)=N/O)c1ccccc1. The Morgan fingerprint density at radius 3 is 2.53 bits per heavy atom. The fourth-order valence-corrected chi connectivity index (χ4v) is 2.04. The zero-order valence-electron chi connectivity index (χ0n) is 11.8.